The molecule has 188 valence electrons. The minimum atomic E-state index is -1.58. The van der Waals surface area contributed by atoms with Gasteiger partial charge in [-0.15, -0.1) is 0 Å². The van der Waals surface area contributed by atoms with E-state index in [0.29, 0.717) is 0 Å². The van der Waals surface area contributed by atoms with Crippen LogP contribution in [0.4, 0.5) is 0 Å². The summed E-state index contributed by atoms with van der Waals surface area (Å²) >= 11 is 0. The Morgan fingerprint density at radius 3 is 1.83 bits per heavy atom. The van der Waals surface area contributed by atoms with Gasteiger partial charge in [-0.3, -0.25) is 0 Å². The summed E-state index contributed by atoms with van der Waals surface area (Å²) < 4.78 is 0. The minimum Gasteiger partial charge on any atom is -0.549 e. The van der Waals surface area contributed by atoms with Gasteiger partial charge in [0.25, 0.3) is 0 Å². The minimum absolute atomic E-state index is 0.117. The second kappa shape index (κ2) is 10.3. The zero-order chi connectivity index (χ0) is 25.9. The predicted molar refractivity (Wildman–Crippen MR) is 135 cm³/mol. The number of benzene rings is 3. The Labute approximate surface area is 213 Å². The lowest BCUT2D eigenvalue weighted by atomic mass is 9.47. The molecule has 1 heterocycles. The van der Waals surface area contributed by atoms with Crippen LogP contribution in [0, 0.1) is 16.7 Å². The monoisotopic (exact) mass is 483 g/mol. The molecule has 1 saturated heterocycles. The molecule has 6 unspecified atom stereocenters. The first-order valence-electron chi connectivity index (χ1n) is 12.6. The van der Waals surface area contributed by atoms with Crippen LogP contribution >= 0.6 is 0 Å². The molecule has 3 aromatic rings. The van der Waals surface area contributed by atoms with Gasteiger partial charge >= 0.3 is 0 Å². The molecule has 0 aliphatic carbocycles. The highest BCUT2D eigenvalue weighted by molar-refractivity contribution is 5.81. The number of rotatable bonds is 8. The molecule has 1 fully saturated rings. The van der Waals surface area contributed by atoms with Crippen molar-refractivity contribution in [1.82, 2.24) is 5.32 Å². The van der Waals surface area contributed by atoms with Gasteiger partial charge in [-0.25, -0.2) is 0 Å². The van der Waals surface area contributed by atoms with E-state index >= 15 is 0 Å². The first-order valence-corrected chi connectivity index (χ1v) is 12.6. The molecule has 0 amide bonds. The summed E-state index contributed by atoms with van der Waals surface area (Å²) in [6, 6.07) is 27.2. The van der Waals surface area contributed by atoms with Gasteiger partial charge in [-0.1, -0.05) is 105 Å². The number of hydrogen-bond donors (Lipinski definition) is 1. The highest BCUT2D eigenvalue weighted by Crippen LogP contribution is 2.61. The van der Waals surface area contributed by atoms with E-state index in [1.807, 2.05) is 112 Å². The normalized spacial score (nSPS) is 28.8. The van der Waals surface area contributed by atoms with Crippen LogP contribution in [0.15, 0.2) is 91.0 Å². The third-order valence-electron chi connectivity index (χ3n) is 8.46. The average molecular weight is 484 g/mol. The van der Waals surface area contributed by atoms with Crippen LogP contribution in [0.3, 0.4) is 0 Å². The van der Waals surface area contributed by atoms with Gasteiger partial charge < -0.3 is 25.1 Å². The molecule has 1 aliphatic rings. The fraction of sp³-hybridized carbons (Fsp3) is 0.355. The van der Waals surface area contributed by atoms with Crippen molar-refractivity contribution in [1.29, 1.82) is 0 Å². The smallest absolute Gasteiger partial charge is 0.0502 e. The molecular formula is C31H33NO4-2. The zero-order valence-electron chi connectivity index (χ0n) is 21.0. The van der Waals surface area contributed by atoms with E-state index in [2.05, 4.69) is 5.32 Å². The van der Waals surface area contributed by atoms with Gasteiger partial charge in [-0.2, -0.15) is 0 Å². The Hall–Kier alpha value is -3.44. The van der Waals surface area contributed by atoms with Crippen molar-refractivity contribution in [2.24, 2.45) is 16.7 Å². The van der Waals surface area contributed by atoms with Gasteiger partial charge in [0.2, 0.25) is 0 Å². The first kappa shape index (κ1) is 25.6. The fourth-order valence-corrected chi connectivity index (χ4v) is 6.77. The van der Waals surface area contributed by atoms with Gasteiger partial charge in [0, 0.05) is 28.9 Å². The zero-order valence-corrected chi connectivity index (χ0v) is 21.0. The number of carbonyl (C=O) groups excluding carboxylic acids is 2. The summed E-state index contributed by atoms with van der Waals surface area (Å²) in [5.41, 5.74) is -0.540. The van der Waals surface area contributed by atoms with E-state index in [9.17, 15) is 19.8 Å². The number of nitrogens with one attached hydrogen (secondary N) is 1. The second-order valence-corrected chi connectivity index (χ2v) is 10.1. The molecule has 3 aromatic carbocycles. The highest BCUT2D eigenvalue weighted by Gasteiger charge is 2.63. The van der Waals surface area contributed by atoms with Crippen molar-refractivity contribution < 1.29 is 19.8 Å². The summed E-state index contributed by atoms with van der Waals surface area (Å²) in [6.45, 7) is 5.59. The number of carboxylic acid groups (broad SMARTS) is 2. The molecule has 0 spiro atoms. The Bertz CT molecular complexity index is 1180. The lowest BCUT2D eigenvalue weighted by Gasteiger charge is -2.64. The molecule has 1 N–H and O–H groups in total. The average Bonchev–Trinajstić information content (AvgIpc) is 2.90. The van der Waals surface area contributed by atoms with Crippen molar-refractivity contribution in [2.75, 3.05) is 0 Å². The van der Waals surface area contributed by atoms with E-state index < -0.39 is 46.7 Å². The molecule has 0 bridgehead atoms. The van der Waals surface area contributed by atoms with Crippen molar-refractivity contribution >= 4 is 11.9 Å². The van der Waals surface area contributed by atoms with Gasteiger partial charge in [0.1, 0.15) is 0 Å². The van der Waals surface area contributed by atoms with Crippen molar-refractivity contribution in [2.45, 2.75) is 51.6 Å². The van der Waals surface area contributed by atoms with Gasteiger partial charge in [0.15, 0.2) is 0 Å². The van der Waals surface area contributed by atoms with Crippen LogP contribution in [0.25, 0.3) is 0 Å². The Kier molecular flexibility index (Phi) is 7.32. The number of hydrogen-bond acceptors (Lipinski definition) is 5. The molecule has 0 radical (unpaired) electrons. The van der Waals surface area contributed by atoms with Crippen LogP contribution in [-0.4, -0.2) is 18.0 Å². The lowest BCUT2D eigenvalue weighted by Crippen LogP contribution is -2.73. The van der Waals surface area contributed by atoms with Crippen molar-refractivity contribution in [3.63, 3.8) is 0 Å². The summed E-state index contributed by atoms with van der Waals surface area (Å²) in [6.07, 6.45) is 0.336. The first-order chi connectivity index (χ1) is 17.3. The van der Waals surface area contributed by atoms with E-state index in [-0.39, 0.29) is 12.8 Å². The molecule has 0 aromatic heterocycles. The number of carbonyl (C=O) groups is 2. The maximum absolute atomic E-state index is 13.6. The SMILES string of the molecule is CCC1(C(=O)[O-])C(C)NC(c2ccccc2)C(Cc2ccccc2)(C(=O)[O-])C1C(C)c1ccccc1. The maximum Gasteiger partial charge on any atom is 0.0502 e. The molecule has 0 saturated carbocycles. The largest absolute Gasteiger partial charge is 0.549 e. The van der Waals surface area contributed by atoms with Crippen LogP contribution in [-0.2, 0) is 16.0 Å². The van der Waals surface area contributed by atoms with E-state index in [4.69, 9.17) is 0 Å². The standard InChI is InChI=1S/C31H35NO4/c1-4-30(28(33)34)22(3)32-27(25-18-12-7-13-19-25)31(29(35)36,20-23-14-8-5-9-15-23)26(30)21(2)24-16-10-6-11-17-24/h5-19,21-22,26-27,32H,4,20H2,1-3H3,(H,33,34)(H,35,36)/p-2. The van der Waals surface area contributed by atoms with Crippen LogP contribution < -0.4 is 15.5 Å². The van der Waals surface area contributed by atoms with E-state index in [1.54, 1.807) is 0 Å². The maximum atomic E-state index is 13.6. The molecule has 36 heavy (non-hydrogen) atoms. The molecule has 5 heteroatoms. The third-order valence-corrected chi connectivity index (χ3v) is 8.46. The second-order valence-electron chi connectivity index (χ2n) is 10.1. The van der Waals surface area contributed by atoms with Gasteiger partial charge in [-0.05, 0) is 48.3 Å². The predicted octanol–water partition coefficient (Wildman–Crippen LogP) is 3.26. The molecule has 1 aliphatic heterocycles. The Balaban J connectivity index is 2.07. The Morgan fingerprint density at radius 1 is 0.833 bits per heavy atom. The third kappa shape index (κ3) is 4.11. The highest BCUT2D eigenvalue weighted by atomic mass is 16.4. The summed E-state index contributed by atoms with van der Waals surface area (Å²) in [4.78, 5) is 26.7. The topological polar surface area (TPSA) is 92.3 Å². The Morgan fingerprint density at radius 2 is 1.33 bits per heavy atom. The fourth-order valence-electron chi connectivity index (χ4n) is 6.77. The van der Waals surface area contributed by atoms with Crippen LogP contribution in [0.2, 0.25) is 0 Å². The summed E-state index contributed by atoms with van der Waals surface area (Å²) in [5, 5.41) is 30.1. The summed E-state index contributed by atoms with van der Waals surface area (Å²) in [5.74, 6) is -3.72. The molecule has 5 nitrogen and oxygen atoms in total. The van der Waals surface area contributed by atoms with E-state index in [0.717, 1.165) is 16.7 Å². The van der Waals surface area contributed by atoms with Crippen LogP contribution in [0.1, 0.15) is 55.8 Å². The lowest BCUT2D eigenvalue weighted by molar-refractivity contribution is -0.343. The quantitative estimate of drug-likeness (QED) is 0.531. The summed E-state index contributed by atoms with van der Waals surface area (Å²) in [7, 11) is 0. The van der Waals surface area contributed by atoms with Gasteiger partial charge in [0.05, 0.1) is 5.97 Å². The molecule has 4 rings (SSSR count). The van der Waals surface area contributed by atoms with Crippen LogP contribution in [0.5, 0.6) is 0 Å². The number of piperidine rings is 1. The van der Waals surface area contributed by atoms with Crippen molar-refractivity contribution in [3.8, 4) is 0 Å². The molecular weight excluding hydrogens is 450 g/mol. The van der Waals surface area contributed by atoms with Crippen molar-refractivity contribution in [3.05, 3.63) is 108 Å². The molecule has 6 atom stereocenters. The number of aliphatic carboxylic acids is 2. The van der Waals surface area contributed by atoms with E-state index in [1.165, 1.54) is 0 Å². The number of carboxylic acids is 2.